The topological polar surface area (TPSA) is 63.7 Å². The van der Waals surface area contributed by atoms with Crippen molar-refractivity contribution >= 4 is 33.5 Å². The van der Waals surface area contributed by atoms with Gasteiger partial charge in [0, 0.05) is 23.1 Å². The number of unbranched alkanes of at least 4 members (excludes halogenated alkanes) is 3. The number of aromatic nitrogens is 1. The van der Waals surface area contributed by atoms with E-state index in [9.17, 15) is 9.59 Å². The minimum Gasteiger partial charge on any atom is -0.438 e. The van der Waals surface area contributed by atoms with Crippen LogP contribution in [0.2, 0.25) is 0 Å². The first kappa shape index (κ1) is 19.2. The Kier molecular flexibility index (Phi) is 5.38. The van der Waals surface area contributed by atoms with E-state index in [2.05, 4.69) is 12.2 Å². The molecule has 1 amide bonds. The molecule has 4 rings (SSSR count). The summed E-state index contributed by atoms with van der Waals surface area (Å²) in [5.74, 6) is -0.118. The summed E-state index contributed by atoms with van der Waals surface area (Å²) < 4.78 is 7.48. The first-order valence-corrected chi connectivity index (χ1v) is 10.4. The second-order valence-electron chi connectivity index (χ2n) is 7.72. The Morgan fingerprint density at radius 3 is 2.76 bits per heavy atom. The number of rotatable bonds is 7. The smallest absolute Gasteiger partial charge is 0.265 e. The van der Waals surface area contributed by atoms with Gasteiger partial charge < -0.3 is 9.73 Å². The summed E-state index contributed by atoms with van der Waals surface area (Å²) in [6, 6.07) is 14.7. The Balaban J connectivity index is 1.62. The summed E-state index contributed by atoms with van der Waals surface area (Å²) in [5, 5.41) is 4.54. The van der Waals surface area contributed by atoms with Crippen LogP contribution in [0.25, 0.3) is 27.6 Å². The predicted octanol–water partition coefficient (Wildman–Crippen LogP) is 5.29. The van der Waals surface area contributed by atoms with Crippen molar-refractivity contribution in [3.8, 4) is 0 Å². The van der Waals surface area contributed by atoms with Gasteiger partial charge in [0.2, 0.25) is 5.71 Å². The molecule has 0 unspecified atom stereocenters. The van der Waals surface area contributed by atoms with Gasteiger partial charge in [-0.3, -0.25) is 9.59 Å². The highest BCUT2D eigenvalue weighted by molar-refractivity contribution is 5.98. The molecule has 5 heteroatoms. The summed E-state index contributed by atoms with van der Waals surface area (Å²) in [7, 11) is 0. The van der Waals surface area contributed by atoms with Crippen molar-refractivity contribution < 1.29 is 9.21 Å². The lowest BCUT2D eigenvalue weighted by atomic mass is 10.1. The van der Waals surface area contributed by atoms with E-state index in [0.717, 1.165) is 18.2 Å². The highest BCUT2D eigenvalue weighted by Crippen LogP contribution is 2.23. The fraction of sp³-hybridized carbons (Fsp3) is 0.333. The molecule has 1 atom stereocenters. The van der Waals surface area contributed by atoms with E-state index in [0.29, 0.717) is 27.8 Å². The Morgan fingerprint density at radius 1 is 1.10 bits per heavy atom. The number of oxazole rings is 1. The number of nitrogens with zero attached hydrogens (tertiary/aromatic N) is 1. The molecular weight excluding hydrogens is 364 g/mol. The lowest BCUT2D eigenvalue weighted by Crippen LogP contribution is -2.32. The summed E-state index contributed by atoms with van der Waals surface area (Å²) in [5.41, 5.74) is 2.09. The van der Waals surface area contributed by atoms with Crippen molar-refractivity contribution in [3.05, 3.63) is 64.4 Å². The van der Waals surface area contributed by atoms with Gasteiger partial charge in [0.05, 0.1) is 5.52 Å². The standard InChI is InChI=1S/C24H26N2O3/c1-3-4-5-6-9-16(2)25-23(27)18-12-13-20-21(14-18)29-22-15-17-10-7-8-11-19(17)24(28)26(20)22/h7-8,10-16H,3-6,9H2,1-2H3,(H,25,27)/t16-/m0/s1. The molecule has 0 aliphatic rings. The van der Waals surface area contributed by atoms with Gasteiger partial charge in [0.25, 0.3) is 11.5 Å². The number of fused-ring (bicyclic) bond motifs is 4. The molecule has 0 radical (unpaired) electrons. The van der Waals surface area contributed by atoms with E-state index >= 15 is 0 Å². The molecule has 4 aromatic rings. The van der Waals surface area contributed by atoms with Crippen LogP contribution in [0.15, 0.2) is 57.7 Å². The summed E-state index contributed by atoms with van der Waals surface area (Å²) in [6.45, 7) is 4.23. The van der Waals surface area contributed by atoms with E-state index in [1.54, 1.807) is 22.6 Å². The second-order valence-corrected chi connectivity index (χ2v) is 7.72. The molecule has 1 N–H and O–H groups in total. The highest BCUT2D eigenvalue weighted by Gasteiger charge is 2.15. The molecule has 0 spiro atoms. The zero-order chi connectivity index (χ0) is 20.4. The number of nitrogens with one attached hydrogen (secondary N) is 1. The Labute approximate surface area is 169 Å². The molecule has 0 aliphatic heterocycles. The predicted molar refractivity (Wildman–Crippen MR) is 117 cm³/mol. The molecular formula is C24H26N2O3. The maximum atomic E-state index is 12.9. The van der Waals surface area contributed by atoms with Crippen molar-refractivity contribution in [3.63, 3.8) is 0 Å². The summed E-state index contributed by atoms with van der Waals surface area (Å²) >= 11 is 0. The molecule has 0 aliphatic carbocycles. The van der Waals surface area contributed by atoms with Gasteiger partial charge in [-0.1, -0.05) is 50.8 Å². The quantitative estimate of drug-likeness (QED) is 0.436. The first-order chi connectivity index (χ1) is 14.1. The SMILES string of the molecule is CCCCCC[C@H](C)NC(=O)c1ccc2c(c1)oc1cc3ccccc3c(=O)n12. The number of hydrogen-bond donors (Lipinski definition) is 1. The minimum atomic E-state index is -0.118. The molecule has 29 heavy (non-hydrogen) atoms. The lowest BCUT2D eigenvalue weighted by Gasteiger charge is -2.13. The zero-order valence-electron chi connectivity index (χ0n) is 16.9. The monoisotopic (exact) mass is 390 g/mol. The lowest BCUT2D eigenvalue weighted by molar-refractivity contribution is 0.0938. The van der Waals surface area contributed by atoms with Crippen LogP contribution in [0.3, 0.4) is 0 Å². The van der Waals surface area contributed by atoms with Crippen LogP contribution in [0.5, 0.6) is 0 Å². The molecule has 0 saturated carbocycles. The van der Waals surface area contributed by atoms with Crippen LogP contribution in [0.1, 0.15) is 56.3 Å². The molecule has 2 heterocycles. The summed E-state index contributed by atoms with van der Waals surface area (Å²) in [6.07, 6.45) is 5.73. The first-order valence-electron chi connectivity index (χ1n) is 10.4. The van der Waals surface area contributed by atoms with E-state index < -0.39 is 0 Å². The molecule has 0 saturated heterocycles. The Hall–Kier alpha value is -3.08. The molecule has 5 nitrogen and oxygen atoms in total. The van der Waals surface area contributed by atoms with Crippen LogP contribution in [-0.2, 0) is 0 Å². The number of pyridine rings is 1. The fourth-order valence-electron chi connectivity index (χ4n) is 3.83. The van der Waals surface area contributed by atoms with Crippen LogP contribution < -0.4 is 10.9 Å². The number of hydrogen-bond acceptors (Lipinski definition) is 3. The maximum Gasteiger partial charge on any atom is 0.265 e. The summed E-state index contributed by atoms with van der Waals surface area (Å²) in [4.78, 5) is 25.5. The molecule has 150 valence electrons. The van der Waals surface area contributed by atoms with Crippen LogP contribution in [-0.4, -0.2) is 16.3 Å². The average molecular weight is 390 g/mol. The van der Waals surface area contributed by atoms with Crippen LogP contribution >= 0.6 is 0 Å². The van der Waals surface area contributed by atoms with E-state index in [1.165, 1.54) is 19.3 Å². The number of carbonyl (C=O) groups excluding carboxylic acids is 1. The number of carbonyl (C=O) groups is 1. The van der Waals surface area contributed by atoms with Gasteiger partial charge in [0.15, 0.2) is 5.58 Å². The molecule has 0 bridgehead atoms. The third-order valence-corrected chi connectivity index (χ3v) is 5.44. The molecule has 2 aromatic carbocycles. The van der Waals surface area contributed by atoms with Crippen molar-refractivity contribution in [1.82, 2.24) is 9.72 Å². The average Bonchev–Trinajstić information content (AvgIpc) is 3.09. The van der Waals surface area contributed by atoms with Gasteiger partial charge >= 0.3 is 0 Å². The van der Waals surface area contributed by atoms with Gasteiger partial charge in [0.1, 0.15) is 0 Å². The van der Waals surface area contributed by atoms with E-state index in [4.69, 9.17) is 4.42 Å². The number of amides is 1. The molecule has 0 fully saturated rings. The third-order valence-electron chi connectivity index (χ3n) is 5.44. The van der Waals surface area contributed by atoms with Crippen molar-refractivity contribution in [1.29, 1.82) is 0 Å². The maximum absolute atomic E-state index is 12.9. The normalized spacial score (nSPS) is 12.6. The van der Waals surface area contributed by atoms with Crippen LogP contribution in [0.4, 0.5) is 0 Å². The van der Waals surface area contributed by atoms with Crippen molar-refractivity contribution in [2.45, 2.75) is 52.0 Å². The van der Waals surface area contributed by atoms with Crippen molar-refractivity contribution in [2.24, 2.45) is 0 Å². The van der Waals surface area contributed by atoms with Gasteiger partial charge in [-0.05, 0) is 43.0 Å². The molecule has 2 aromatic heterocycles. The fourth-order valence-corrected chi connectivity index (χ4v) is 3.83. The van der Waals surface area contributed by atoms with Gasteiger partial charge in [-0.15, -0.1) is 0 Å². The second kappa shape index (κ2) is 8.11. The highest BCUT2D eigenvalue weighted by atomic mass is 16.3. The van der Waals surface area contributed by atoms with Gasteiger partial charge in [-0.25, -0.2) is 4.40 Å². The van der Waals surface area contributed by atoms with Crippen LogP contribution in [0, 0.1) is 0 Å². The van der Waals surface area contributed by atoms with Crippen molar-refractivity contribution in [2.75, 3.05) is 0 Å². The largest absolute Gasteiger partial charge is 0.438 e. The zero-order valence-corrected chi connectivity index (χ0v) is 16.9. The Morgan fingerprint density at radius 2 is 1.93 bits per heavy atom. The van der Waals surface area contributed by atoms with E-state index in [1.807, 2.05) is 37.3 Å². The third kappa shape index (κ3) is 3.77. The van der Waals surface area contributed by atoms with E-state index in [-0.39, 0.29) is 17.5 Å². The Bertz CT molecular complexity index is 1240. The van der Waals surface area contributed by atoms with Gasteiger partial charge in [-0.2, -0.15) is 0 Å². The number of benzene rings is 2. The minimum absolute atomic E-state index is 0.116.